The predicted octanol–water partition coefficient (Wildman–Crippen LogP) is 3.28. The van der Waals surface area contributed by atoms with Crippen molar-refractivity contribution in [1.82, 2.24) is 15.0 Å². The van der Waals surface area contributed by atoms with Crippen LogP contribution in [0, 0.1) is 18.6 Å². The van der Waals surface area contributed by atoms with Crippen molar-refractivity contribution >= 4 is 11.2 Å². The maximum absolute atomic E-state index is 13.7. The molecule has 0 aliphatic carbocycles. The zero-order chi connectivity index (χ0) is 13.4. The zero-order valence-electron chi connectivity index (χ0n) is 10.1. The minimum Gasteiger partial charge on any atom is -0.251 e. The summed E-state index contributed by atoms with van der Waals surface area (Å²) in [6, 6.07) is 4.96. The first kappa shape index (κ1) is 11.6. The smallest absolute Gasteiger partial charge is 0.179 e. The van der Waals surface area contributed by atoms with Gasteiger partial charge in [-0.25, -0.2) is 18.7 Å². The van der Waals surface area contributed by atoms with Gasteiger partial charge in [-0.3, -0.25) is 4.98 Å². The van der Waals surface area contributed by atoms with Crippen LogP contribution in [0.25, 0.3) is 22.4 Å². The zero-order valence-corrected chi connectivity index (χ0v) is 10.1. The van der Waals surface area contributed by atoms with Crippen molar-refractivity contribution < 1.29 is 8.78 Å². The standard InChI is InChI=1S/C14H9F2N3/c1-8-6-12(10-7-9(15)2-3-11(10)16)19-14-13(8)17-4-5-18-14/h2-7H,1H3. The van der Waals surface area contributed by atoms with E-state index in [1.54, 1.807) is 12.3 Å². The van der Waals surface area contributed by atoms with Crippen LogP contribution in [0.4, 0.5) is 8.78 Å². The molecule has 3 aromatic rings. The van der Waals surface area contributed by atoms with E-state index in [4.69, 9.17) is 0 Å². The Balaban J connectivity index is 2.28. The van der Waals surface area contributed by atoms with Crippen LogP contribution in [0.1, 0.15) is 5.56 Å². The highest BCUT2D eigenvalue weighted by atomic mass is 19.1. The van der Waals surface area contributed by atoms with E-state index in [9.17, 15) is 8.78 Å². The van der Waals surface area contributed by atoms with Crippen LogP contribution in [0.5, 0.6) is 0 Å². The molecule has 0 saturated carbocycles. The maximum atomic E-state index is 13.7. The summed E-state index contributed by atoms with van der Waals surface area (Å²) >= 11 is 0. The molecule has 0 atom stereocenters. The third-order valence-electron chi connectivity index (χ3n) is 2.84. The molecule has 0 N–H and O–H groups in total. The minimum atomic E-state index is -0.517. The molecule has 2 aromatic heterocycles. The molecule has 1 aromatic carbocycles. The molecule has 0 spiro atoms. The fourth-order valence-electron chi connectivity index (χ4n) is 1.94. The second-order valence-electron chi connectivity index (χ2n) is 4.18. The van der Waals surface area contributed by atoms with Crippen molar-refractivity contribution in [2.24, 2.45) is 0 Å². The van der Waals surface area contributed by atoms with Gasteiger partial charge in [-0.2, -0.15) is 0 Å². The van der Waals surface area contributed by atoms with Crippen LogP contribution in [-0.4, -0.2) is 15.0 Å². The molecule has 0 bridgehead atoms. The Hall–Kier alpha value is -2.43. The molecule has 94 valence electrons. The molecule has 0 radical (unpaired) electrons. The van der Waals surface area contributed by atoms with E-state index in [-0.39, 0.29) is 5.56 Å². The molecule has 2 heterocycles. The molecule has 0 amide bonds. The molecule has 19 heavy (non-hydrogen) atoms. The fourth-order valence-corrected chi connectivity index (χ4v) is 1.94. The van der Waals surface area contributed by atoms with Gasteiger partial charge in [0.1, 0.15) is 17.2 Å². The molecular weight excluding hydrogens is 248 g/mol. The Kier molecular flexibility index (Phi) is 2.67. The van der Waals surface area contributed by atoms with Crippen molar-refractivity contribution in [3.63, 3.8) is 0 Å². The Labute approximate surface area is 108 Å². The number of hydrogen-bond acceptors (Lipinski definition) is 3. The Morgan fingerprint density at radius 1 is 1.00 bits per heavy atom. The molecule has 0 aliphatic heterocycles. The first-order valence-electron chi connectivity index (χ1n) is 5.69. The van der Waals surface area contributed by atoms with Crippen molar-refractivity contribution in [3.05, 3.63) is 53.9 Å². The van der Waals surface area contributed by atoms with Crippen molar-refractivity contribution in [2.75, 3.05) is 0 Å². The lowest BCUT2D eigenvalue weighted by Gasteiger charge is -2.06. The molecule has 0 saturated heterocycles. The first-order valence-corrected chi connectivity index (χ1v) is 5.69. The first-order chi connectivity index (χ1) is 9.15. The van der Waals surface area contributed by atoms with Gasteiger partial charge in [-0.1, -0.05) is 0 Å². The number of aromatic nitrogens is 3. The lowest BCUT2D eigenvalue weighted by molar-refractivity contribution is 0.602. The number of benzene rings is 1. The number of halogens is 2. The summed E-state index contributed by atoms with van der Waals surface area (Å²) in [6.45, 7) is 1.83. The van der Waals surface area contributed by atoms with Crippen molar-refractivity contribution in [2.45, 2.75) is 6.92 Å². The van der Waals surface area contributed by atoms with Gasteiger partial charge in [0.15, 0.2) is 5.65 Å². The Bertz CT molecular complexity index is 772. The highest BCUT2D eigenvalue weighted by molar-refractivity contribution is 5.78. The van der Waals surface area contributed by atoms with Gasteiger partial charge in [0, 0.05) is 18.0 Å². The van der Waals surface area contributed by atoms with Gasteiger partial charge in [-0.15, -0.1) is 0 Å². The van der Waals surface area contributed by atoms with Gasteiger partial charge in [0.05, 0.1) is 5.69 Å². The van der Waals surface area contributed by atoms with Gasteiger partial charge in [0.25, 0.3) is 0 Å². The van der Waals surface area contributed by atoms with E-state index in [2.05, 4.69) is 15.0 Å². The highest BCUT2D eigenvalue weighted by Gasteiger charge is 2.11. The number of hydrogen-bond donors (Lipinski definition) is 0. The van der Waals surface area contributed by atoms with Gasteiger partial charge >= 0.3 is 0 Å². The largest absolute Gasteiger partial charge is 0.251 e. The van der Waals surface area contributed by atoms with Crippen LogP contribution >= 0.6 is 0 Å². The summed E-state index contributed by atoms with van der Waals surface area (Å²) in [6.07, 6.45) is 3.08. The fraction of sp³-hybridized carbons (Fsp3) is 0.0714. The third kappa shape index (κ3) is 2.03. The van der Waals surface area contributed by atoms with Gasteiger partial charge in [0.2, 0.25) is 0 Å². The Morgan fingerprint density at radius 3 is 2.63 bits per heavy atom. The average molecular weight is 257 g/mol. The molecule has 0 aliphatic rings. The number of aryl methyl sites for hydroxylation is 1. The molecule has 0 fully saturated rings. The number of pyridine rings is 1. The Morgan fingerprint density at radius 2 is 1.79 bits per heavy atom. The molecule has 3 nitrogen and oxygen atoms in total. The van der Waals surface area contributed by atoms with Crippen LogP contribution in [0.15, 0.2) is 36.7 Å². The molecular formula is C14H9F2N3. The van der Waals surface area contributed by atoms with Crippen molar-refractivity contribution in [1.29, 1.82) is 0 Å². The summed E-state index contributed by atoms with van der Waals surface area (Å²) in [5.41, 5.74) is 2.36. The topological polar surface area (TPSA) is 38.7 Å². The highest BCUT2D eigenvalue weighted by Crippen LogP contribution is 2.25. The van der Waals surface area contributed by atoms with Crippen LogP contribution < -0.4 is 0 Å². The van der Waals surface area contributed by atoms with Gasteiger partial charge < -0.3 is 0 Å². The van der Waals surface area contributed by atoms with Crippen LogP contribution in [0.3, 0.4) is 0 Å². The van der Waals surface area contributed by atoms with Crippen LogP contribution in [-0.2, 0) is 0 Å². The van der Waals surface area contributed by atoms with E-state index < -0.39 is 11.6 Å². The van der Waals surface area contributed by atoms with Crippen molar-refractivity contribution in [3.8, 4) is 11.3 Å². The predicted molar refractivity (Wildman–Crippen MR) is 67.4 cm³/mol. The summed E-state index contributed by atoms with van der Waals surface area (Å²) in [5.74, 6) is -1.02. The molecule has 0 unspecified atom stereocenters. The van der Waals surface area contributed by atoms with E-state index in [0.29, 0.717) is 16.9 Å². The average Bonchev–Trinajstić information content (AvgIpc) is 2.41. The second-order valence-corrected chi connectivity index (χ2v) is 4.18. The monoisotopic (exact) mass is 257 g/mol. The third-order valence-corrected chi connectivity index (χ3v) is 2.84. The number of nitrogens with zero attached hydrogens (tertiary/aromatic N) is 3. The summed E-state index contributed by atoms with van der Waals surface area (Å²) in [4.78, 5) is 12.5. The molecule has 5 heteroatoms. The summed E-state index contributed by atoms with van der Waals surface area (Å²) in [5, 5.41) is 0. The SMILES string of the molecule is Cc1cc(-c2cc(F)ccc2F)nc2nccnc12. The summed E-state index contributed by atoms with van der Waals surface area (Å²) in [7, 11) is 0. The maximum Gasteiger partial charge on any atom is 0.179 e. The molecule has 3 rings (SSSR count). The van der Waals surface area contributed by atoms with E-state index >= 15 is 0 Å². The lowest BCUT2D eigenvalue weighted by atomic mass is 10.1. The quantitative estimate of drug-likeness (QED) is 0.671. The number of rotatable bonds is 1. The van der Waals surface area contributed by atoms with Crippen LogP contribution in [0.2, 0.25) is 0 Å². The van der Waals surface area contributed by atoms with E-state index in [1.807, 2.05) is 6.92 Å². The number of fused-ring (bicyclic) bond motifs is 1. The van der Waals surface area contributed by atoms with E-state index in [1.165, 1.54) is 6.20 Å². The second kappa shape index (κ2) is 4.35. The van der Waals surface area contributed by atoms with E-state index in [0.717, 1.165) is 23.8 Å². The minimum absolute atomic E-state index is 0.121. The van der Waals surface area contributed by atoms with Gasteiger partial charge in [-0.05, 0) is 36.8 Å². The normalized spacial score (nSPS) is 10.9. The lowest BCUT2D eigenvalue weighted by Crippen LogP contribution is -1.95. The summed E-state index contributed by atoms with van der Waals surface area (Å²) < 4.78 is 27.0.